The molecule has 0 aromatic carbocycles. The van der Waals surface area contributed by atoms with Gasteiger partial charge in [0.25, 0.3) is 0 Å². The highest BCUT2D eigenvalue weighted by Gasteiger charge is 2.52. The Morgan fingerprint density at radius 3 is 2.11 bits per heavy atom. The van der Waals surface area contributed by atoms with E-state index in [0.717, 1.165) is 25.7 Å². The number of hydrogen-bond acceptors (Lipinski definition) is 2. The van der Waals surface area contributed by atoms with Crippen molar-refractivity contribution in [2.24, 2.45) is 5.41 Å². The third-order valence-corrected chi connectivity index (χ3v) is 5.01. The van der Waals surface area contributed by atoms with Crippen molar-refractivity contribution in [1.82, 2.24) is 0 Å². The van der Waals surface area contributed by atoms with E-state index in [0.29, 0.717) is 5.57 Å². The van der Waals surface area contributed by atoms with Gasteiger partial charge >= 0.3 is 5.97 Å². The first kappa shape index (κ1) is 15.3. The number of carbonyl (C=O) groups is 1. The zero-order valence-corrected chi connectivity index (χ0v) is 12.5. The van der Waals surface area contributed by atoms with Gasteiger partial charge in [-0.25, -0.2) is 4.79 Å². The van der Waals surface area contributed by atoms with Gasteiger partial charge in [0, 0.05) is 11.0 Å². The molecule has 0 bridgehead atoms. The van der Waals surface area contributed by atoms with Crippen LogP contribution in [0.5, 0.6) is 0 Å². The summed E-state index contributed by atoms with van der Waals surface area (Å²) in [6.07, 6.45) is 7.68. The zero-order valence-electron chi connectivity index (χ0n) is 12.5. The molecule has 0 aliphatic heterocycles. The highest BCUT2D eigenvalue weighted by Crippen LogP contribution is 2.53. The summed E-state index contributed by atoms with van der Waals surface area (Å²) in [6, 6.07) is 0. The molecule has 2 heteroatoms. The molecule has 1 aliphatic carbocycles. The molecule has 1 rings (SSSR count). The van der Waals surface area contributed by atoms with Crippen molar-refractivity contribution in [3.8, 4) is 0 Å². The third-order valence-electron chi connectivity index (χ3n) is 5.01. The van der Waals surface area contributed by atoms with Crippen LogP contribution in [0.3, 0.4) is 0 Å². The van der Waals surface area contributed by atoms with Crippen molar-refractivity contribution in [2.45, 2.75) is 78.2 Å². The molecule has 0 radical (unpaired) electrons. The van der Waals surface area contributed by atoms with Crippen molar-refractivity contribution < 1.29 is 9.53 Å². The largest absolute Gasteiger partial charge is 0.455 e. The second kappa shape index (κ2) is 5.90. The summed E-state index contributed by atoms with van der Waals surface area (Å²) in [6.45, 7) is 12.1. The van der Waals surface area contributed by atoms with E-state index in [1.807, 2.05) is 0 Å². The van der Waals surface area contributed by atoms with Crippen LogP contribution in [0, 0.1) is 5.41 Å². The molecule has 0 saturated heterocycles. The monoisotopic (exact) mass is 252 g/mol. The Labute approximate surface area is 112 Å². The smallest absolute Gasteiger partial charge is 0.333 e. The summed E-state index contributed by atoms with van der Waals surface area (Å²) >= 11 is 0. The molecular formula is C16H28O2. The third kappa shape index (κ3) is 2.48. The number of carbonyl (C=O) groups excluding carboxylic acids is 1. The Bertz CT molecular complexity index is 315. The van der Waals surface area contributed by atoms with Gasteiger partial charge in [-0.15, -0.1) is 0 Å². The van der Waals surface area contributed by atoms with Crippen LogP contribution < -0.4 is 0 Å². The molecule has 1 fully saturated rings. The van der Waals surface area contributed by atoms with Crippen LogP contribution in [0.15, 0.2) is 12.2 Å². The fraction of sp³-hybridized carbons (Fsp3) is 0.812. The molecule has 0 amide bonds. The van der Waals surface area contributed by atoms with E-state index in [1.54, 1.807) is 6.92 Å². The molecule has 2 nitrogen and oxygen atoms in total. The van der Waals surface area contributed by atoms with Crippen molar-refractivity contribution in [3.63, 3.8) is 0 Å². The Morgan fingerprint density at radius 1 is 1.11 bits per heavy atom. The van der Waals surface area contributed by atoms with Crippen molar-refractivity contribution in [1.29, 1.82) is 0 Å². The first-order valence-electron chi connectivity index (χ1n) is 7.36. The Hall–Kier alpha value is -0.790. The minimum Gasteiger partial charge on any atom is -0.455 e. The van der Waals surface area contributed by atoms with E-state index < -0.39 is 0 Å². The molecule has 1 unspecified atom stereocenters. The van der Waals surface area contributed by atoms with Gasteiger partial charge in [0.15, 0.2) is 0 Å². The maximum absolute atomic E-state index is 12.0. The van der Waals surface area contributed by atoms with Crippen LogP contribution >= 0.6 is 0 Å². The standard InChI is InChI=1S/C16H28O2/c1-6-15(7-2)11-9-10-12-16(15,8-3)18-14(17)13(4)5/h4,6-12H2,1-3,5H3. The van der Waals surface area contributed by atoms with Crippen molar-refractivity contribution in [3.05, 3.63) is 12.2 Å². The normalized spacial score (nSPS) is 26.7. The molecule has 0 spiro atoms. The highest BCUT2D eigenvalue weighted by molar-refractivity contribution is 5.87. The minimum atomic E-state index is -0.273. The summed E-state index contributed by atoms with van der Waals surface area (Å²) in [7, 11) is 0. The van der Waals surface area contributed by atoms with Crippen LogP contribution in [0.4, 0.5) is 0 Å². The molecule has 104 valence electrons. The lowest BCUT2D eigenvalue weighted by atomic mass is 9.59. The zero-order chi connectivity index (χ0) is 13.8. The SMILES string of the molecule is C=C(C)C(=O)OC1(CC)CCCCC1(CC)CC. The molecule has 0 aromatic rings. The fourth-order valence-electron chi connectivity index (χ4n) is 3.66. The van der Waals surface area contributed by atoms with Crippen LogP contribution in [0.1, 0.15) is 72.6 Å². The topological polar surface area (TPSA) is 26.3 Å². The lowest BCUT2D eigenvalue weighted by molar-refractivity contribution is -0.185. The number of rotatable bonds is 5. The molecule has 1 atom stereocenters. The van der Waals surface area contributed by atoms with Crippen molar-refractivity contribution in [2.75, 3.05) is 0 Å². The molecular weight excluding hydrogens is 224 g/mol. The summed E-state index contributed by atoms with van der Waals surface area (Å²) in [5.74, 6) is -0.218. The summed E-state index contributed by atoms with van der Waals surface area (Å²) in [4.78, 5) is 12.0. The average molecular weight is 252 g/mol. The van der Waals surface area contributed by atoms with E-state index in [-0.39, 0.29) is 17.0 Å². The number of hydrogen-bond donors (Lipinski definition) is 0. The van der Waals surface area contributed by atoms with Gasteiger partial charge in [-0.1, -0.05) is 33.8 Å². The summed E-state index contributed by atoms with van der Waals surface area (Å²) < 4.78 is 5.95. The van der Waals surface area contributed by atoms with Crippen molar-refractivity contribution >= 4 is 5.97 Å². The van der Waals surface area contributed by atoms with Gasteiger partial charge < -0.3 is 4.74 Å². The molecule has 1 aliphatic rings. The summed E-state index contributed by atoms with van der Waals surface area (Å²) in [5, 5.41) is 0. The van der Waals surface area contributed by atoms with Crippen LogP contribution in [0.25, 0.3) is 0 Å². The molecule has 1 saturated carbocycles. The van der Waals surface area contributed by atoms with Gasteiger partial charge in [0.1, 0.15) is 5.60 Å². The predicted molar refractivity (Wildman–Crippen MR) is 75.4 cm³/mol. The lowest BCUT2D eigenvalue weighted by Crippen LogP contribution is -2.52. The van der Waals surface area contributed by atoms with Gasteiger partial charge in [0.05, 0.1) is 0 Å². The molecule has 0 heterocycles. The van der Waals surface area contributed by atoms with Crippen LogP contribution in [0.2, 0.25) is 0 Å². The quantitative estimate of drug-likeness (QED) is 0.526. The molecule has 18 heavy (non-hydrogen) atoms. The molecule has 0 aromatic heterocycles. The molecule has 0 N–H and O–H groups in total. The second-order valence-electron chi connectivity index (χ2n) is 5.71. The Morgan fingerprint density at radius 2 is 1.67 bits per heavy atom. The van der Waals surface area contributed by atoms with E-state index in [1.165, 1.54) is 19.3 Å². The van der Waals surface area contributed by atoms with E-state index in [4.69, 9.17) is 4.74 Å². The van der Waals surface area contributed by atoms with Crippen LogP contribution in [-0.2, 0) is 9.53 Å². The second-order valence-corrected chi connectivity index (χ2v) is 5.71. The maximum Gasteiger partial charge on any atom is 0.333 e. The minimum absolute atomic E-state index is 0.158. The van der Waals surface area contributed by atoms with Gasteiger partial charge in [-0.05, 0) is 45.4 Å². The van der Waals surface area contributed by atoms with Gasteiger partial charge in [-0.2, -0.15) is 0 Å². The Kier molecular flexibility index (Phi) is 5.01. The predicted octanol–water partition coefficient (Wildman–Crippen LogP) is 4.63. The average Bonchev–Trinajstić information content (AvgIpc) is 2.39. The number of ether oxygens (including phenoxy) is 1. The first-order valence-corrected chi connectivity index (χ1v) is 7.36. The Balaban J connectivity index is 3.07. The fourth-order valence-corrected chi connectivity index (χ4v) is 3.66. The summed E-state index contributed by atoms with van der Waals surface area (Å²) in [5.41, 5.74) is 0.394. The van der Waals surface area contributed by atoms with E-state index >= 15 is 0 Å². The van der Waals surface area contributed by atoms with Crippen LogP contribution in [-0.4, -0.2) is 11.6 Å². The van der Waals surface area contributed by atoms with E-state index in [9.17, 15) is 4.79 Å². The lowest BCUT2D eigenvalue weighted by Gasteiger charge is -2.52. The maximum atomic E-state index is 12.0. The van der Waals surface area contributed by atoms with Gasteiger partial charge in [-0.3, -0.25) is 0 Å². The first-order chi connectivity index (χ1) is 8.47. The van der Waals surface area contributed by atoms with Gasteiger partial charge in [0.2, 0.25) is 0 Å². The number of esters is 1. The highest BCUT2D eigenvalue weighted by atomic mass is 16.6. The van der Waals surface area contributed by atoms with E-state index in [2.05, 4.69) is 27.4 Å².